The van der Waals surface area contributed by atoms with E-state index in [4.69, 9.17) is 19.8 Å². The molecule has 0 radical (unpaired) electrons. The topological polar surface area (TPSA) is 12.0 Å². The van der Waals surface area contributed by atoms with Crippen LogP contribution in [0.15, 0.2) is 24.3 Å². The van der Waals surface area contributed by atoms with Gasteiger partial charge in [0, 0.05) is 24.7 Å². The highest BCUT2D eigenvalue weighted by Crippen LogP contribution is 2.48. The fraction of sp³-hybridized carbons (Fsp3) is 0.625. The summed E-state index contributed by atoms with van der Waals surface area (Å²) in [6.45, 7) is 3.97. The first-order valence-electron chi connectivity index (χ1n) is 9.31. The third-order valence-electron chi connectivity index (χ3n) is 3.40. The maximum absolute atomic E-state index is 8.48. The Kier molecular flexibility index (Phi) is 2.47. The molecular weight excluding hydrogens is 242 g/mol. The lowest BCUT2D eigenvalue weighted by Crippen LogP contribution is -2.52. The van der Waals surface area contributed by atoms with Gasteiger partial charge < -0.3 is 5.32 Å². The van der Waals surface area contributed by atoms with E-state index in [0.29, 0.717) is 17.0 Å². The summed E-state index contributed by atoms with van der Waals surface area (Å²) in [5, 5.41) is 3.53. The quantitative estimate of drug-likeness (QED) is 0.837. The Bertz CT molecular complexity index is 581. The molecule has 0 saturated heterocycles. The Hall–Kier alpha value is -0.530. The molecule has 1 nitrogen and oxygen atoms in total. The van der Waals surface area contributed by atoms with Crippen LogP contribution >= 0.6 is 11.6 Å². The third-order valence-corrected chi connectivity index (χ3v) is 3.65. The average molecular weight is 272 g/mol. The van der Waals surface area contributed by atoms with Gasteiger partial charge in [0.05, 0.1) is 0 Å². The highest BCUT2D eigenvalue weighted by atomic mass is 35.5. The van der Waals surface area contributed by atoms with Crippen molar-refractivity contribution >= 4 is 11.6 Å². The highest BCUT2D eigenvalue weighted by Gasteiger charge is 2.44. The molecule has 1 aliphatic carbocycles. The number of rotatable bonds is 5. The molecule has 1 fully saturated rings. The lowest BCUT2D eigenvalue weighted by atomic mass is 9.59. The van der Waals surface area contributed by atoms with Gasteiger partial charge in [-0.05, 0) is 49.8 Å². The number of benzene rings is 1. The third kappa shape index (κ3) is 2.57. The second kappa shape index (κ2) is 5.63. The van der Waals surface area contributed by atoms with Crippen LogP contribution in [0, 0.1) is 5.92 Å². The first kappa shape index (κ1) is 7.91. The molecule has 1 saturated carbocycles. The van der Waals surface area contributed by atoms with Crippen LogP contribution in [0.25, 0.3) is 0 Å². The molecule has 1 unspecified atom stereocenters. The van der Waals surface area contributed by atoms with Crippen LogP contribution in [0.4, 0.5) is 0 Å². The Morgan fingerprint density at radius 1 is 1.33 bits per heavy atom. The number of hydrogen-bond donors (Lipinski definition) is 1. The van der Waals surface area contributed by atoms with E-state index in [9.17, 15) is 0 Å². The highest BCUT2D eigenvalue weighted by molar-refractivity contribution is 6.30. The van der Waals surface area contributed by atoms with E-state index in [2.05, 4.69) is 5.32 Å². The second-order valence-corrected chi connectivity index (χ2v) is 5.60. The van der Waals surface area contributed by atoms with Crippen molar-refractivity contribution in [2.75, 3.05) is 7.05 Å². The van der Waals surface area contributed by atoms with E-state index in [1.165, 1.54) is 0 Å². The van der Waals surface area contributed by atoms with E-state index >= 15 is 0 Å². The van der Waals surface area contributed by atoms with Gasteiger partial charge in [-0.3, -0.25) is 0 Å². The maximum atomic E-state index is 8.48. The van der Waals surface area contributed by atoms with E-state index in [1.54, 1.807) is 31.3 Å². The predicted octanol–water partition coefficient (Wildman–Crippen LogP) is 4.40. The molecule has 2 rings (SSSR count). The van der Waals surface area contributed by atoms with Crippen molar-refractivity contribution < 1.29 is 8.22 Å². The summed E-state index contributed by atoms with van der Waals surface area (Å²) in [6, 6.07) is 5.85. The molecule has 1 N–H and O–H groups in total. The van der Waals surface area contributed by atoms with Crippen molar-refractivity contribution in [1.29, 1.82) is 0 Å². The summed E-state index contributed by atoms with van der Waals surface area (Å²) in [6.07, 6.45) is -6.82. The summed E-state index contributed by atoms with van der Waals surface area (Å²) in [4.78, 5) is 0. The molecule has 2 heteroatoms. The Labute approximate surface area is 124 Å². The zero-order valence-corrected chi connectivity index (χ0v) is 11.8. The average Bonchev–Trinajstić information content (AvgIpc) is 2.46. The number of nitrogens with one attached hydrogen (secondary N) is 1. The number of likely N-dealkylation sites (N-methyl/N-ethyl adjacent to an activating group) is 1. The van der Waals surface area contributed by atoms with Crippen molar-refractivity contribution in [3.05, 3.63) is 34.9 Å². The van der Waals surface area contributed by atoms with E-state index in [1.807, 2.05) is 13.8 Å². The normalized spacial score (nSPS) is 32.9. The summed E-state index contributed by atoms with van der Waals surface area (Å²) >= 11 is 5.94. The molecule has 1 aromatic carbocycles. The number of hydrogen-bond acceptors (Lipinski definition) is 1. The lowest BCUT2D eigenvalue weighted by molar-refractivity contribution is 0.157. The van der Waals surface area contributed by atoms with Gasteiger partial charge >= 0.3 is 0 Å². The van der Waals surface area contributed by atoms with Crippen molar-refractivity contribution in [3.8, 4) is 0 Å². The standard InChI is InChI=1S/C16H24ClN/c1-12(2)11-15(18-3)16(9-4-10-16)13-5-7-14(17)8-6-13/h5-8,12,15,18H,4,9-11H2,1-3H3/i4D2,9D2,10D2. The predicted molar refractivity (Wildman–Crippen MR) is 79.3 cm³/mol. The summed E-state index contributed by atoms with van der Waals surface area (Å²) in [7, 11) is 1.67. The molecule has 1 aliphatic rings. The van der Waals surface area contributed by atoms with Crippen LogP contribution in [0.1, 0.15) is 53.2 Å². The fourth-order valence-electron chi connectivity index (χ4n) is 2.41. The SMILES string of the molecule is [2H]C1([2H])C([2H])([2H])C(c2ccc(Cl)cc2)(C(CC(C)C)NC)C1([2H])[2H]. The second-order valence-electron chi connectivity index (χ2n) is 5.16. The molecule has 1 atom stereocenters. The van der Waals surface area contributed by atoms with Crippen molar-refractivity contribution in [2.24, 2.45) is 5.92 Å². The fourth-order valence-corrected chi connectivity index (χ4v) is 2.54. The van der Waals surface area contributed by atoms with Crippen LogP contribution in [0.2, 0.25) is 5.02 Å². The molecule has 100 valence electrons. The van der Waals surface area contributed by atoms with Gasteiger partial charge in [0.15, 0.2) is 0 Å². The minimum absolute atomic E-state index is 0.199. The molecule has 0 amide bonds. The lowest BCUT2D eigenvalue weighted by Gasteiger charge is -2.49. The first-order valence-corrected chi connectivity index (χ1v) is 6.69. The largest absolute Gasteiger partial charge is 0.316 e. The van der Waals surface area contributed by atoms with E-state index in [-0.39, 0.29) is 5.92 Å². The molecule has 0 aromatic heterocycles. The van der Waals surface area contributed by atoms with Gasteiger partial charge in [0.25, 0.3) is 0 Å². The van der Waals surface area contributed by atoms with Gasteiger partial charge in [-0.1, -0.05) is 44.0 Å². The summed E-state index contributed by atoms with van der Waals surface area (Å²) < 4.78 is 50.0. The monoisotopic (exact) mass is 271 g/mol. The molecule has 0 heterocycles. The molecule has 18 heavy (non-hydrogen) atoms. The molecule has 0 aliphatic heterocycles. The Morgan fingerprint density at radius 3 is 2.44 bits per heavy atom. The first-order chi connectivity index (χ1) is 10.9. The van der Waals surface area contributed by atoms with Gasteiger partial charge in [-0.2, -0.15) is 0 Å². The van der Waals surface area contributed by atoms with Gasteiger partial charge in [-0.15, -0.1) is 0 Å². The molecule has 0 spiro atoms. The van der Waals surface area contributed by atoms with Gasteiger partial charge in [0.2, 0.25) is 0 Å². The maximum Gasteiger partial charge on any atom is 0.0406 e. The van der Waals surface area contributed by atoms with Crippen LogP contribution in [0.5, 0.6) is 0 Å². The van der Waals surface area contributed by atoms with E-state index < -0.39 is 30.6 Å². The zero-order valence-electron chi connectivity index (χ0n) is 17.0. The smallest absolute Gasteiger partial charge is 0.0406 e. The van der Waals surface area contributed by atoms with E-state index in [0.717, 1.165) is 0 Å². The van der Waals surface area contributed by atoms with Crippen molar-refractivity contribution in [1.82, 2.24) is 5.32 Å². The van der Waals surface area contributed by atoms with Gasteiger partial charge in [-0.25, -0.2) is 0 Å². The molecule has 0 bridgehead atoms. The van der Waals surface area contributed by atoms with Crippen molar-refractivity contribution in [3.63, 3.8) is 0 Å². The minimum atomic E-state index is -2.59. The zero-order chi connectivity index (χ0) is 18.6. The summed E-state index contributed by atoms with van der Waals surface area (Å²) in [5.74, 6) is 0.199. The van der Waals surface area contributed by atoms with Gasteiger partial charge in [0.1, 0.15) is 0 Å². The molecular formula is C16H24ClN. The Balaban J connectivity index is 2.74. The molecule has 1 aromatic rings. The number of halogens is 1. The van der Waals surface area contributed by atoms with Crippen molar-refractivity contribution in [2.45, 2.75) is 50.8 Å². The van der Waals surface area contributed by atoms with Crippen LogP contribution in [0.3, 0.4) is 0 Å². The Morgan fingerprint density at radius 2 is 1.94 bits per heavy atom. The van der Waals surface area contributed by atoms with Crippen LogP contribution in [-0.2, 0) is 5.41 Å². The van der Waals surface area contributed by atoms with Crippen LogP contribution < -0.4 is 5.32 Å². The minimum Gasteiger partial charge on any atom is -0.316 e. The summed E-state index contributed by atoms with van der Waals surface area (Å²) in [5.41, 5.74) is -1.22. The van der Waals surface area contributed by atoms with Crippen LogP contribution in [-0.4, -0.2) is 13.1 Å².